The summed E-state index contributed by atoms with van der Waals surface area (Å²) in [5.74, 6) is -0.816. The number of aromatic hydroxyl groups is 1. The first-order valence-corrected chi connectivity index (χ1v) is 4.99. The van der Waals surface area contributed by atoms with Gasteiger partial charge >= 0.3 is 5.97 Å². The molecule has 2 rings (SSSR count). The predicted octanol–water partition coefficient (Wildman–Crippen LogP) is 1.92. The van der Waals surface area contributed by atoms with E-state index in [1.54, 1.807) is 25.1 Å². The summed E-state index contributed by atoms with van der Waals surface area (Å²) in [6.45, 7) is 2.17. The topological polar surface area (TPSA) is 66.8 Å². The SMILES string of the molecule is Cc1cc(C2=C(C(=O)O)OCC2)ccc1O. The van der Waals surface area contributed by atoms with E-state index in [2.05, 4.69) is 0 Å². The summed E-state index contributed by atoms with van der Waals surface area (Å²) in [6.07, 6.45) is 0.589. The van der Waals surface area contributed by atoms with Crippen molar-refractivity contribution in [3.8, 4) is 5.75 Å². The Hall–Kier alpha value is -1.97. The zero-order valence-corrected chi connectivity index (χ0v) is 8.86. The highest BCUT2D eigenvalue weighted by molar-refractivity contribution is 5.95. The molecule has 1 aromatic rings. The van der Waals surface area contributed by atoms with Crippen LogP contribution in [-0.4, -0.2) is 22.8 Å². The molecule has 16 heavy (non-hydrogen) atoms. The highest BCUT2D eigenvalue weighted by atomic mass is 16.5. The Bertz CT molecular complexity index is 474. The van der Waals surface area contributed by atoms with Crippen LogP contribution in [0.3, 0.4) is 0 Å². The van der Waals surface area contributed by atoms with Crippen LogP contribution in [0.1, 0.15) is 17.5 Å². The summed E-state index contributed by atoms with van der Waals surface area (Å²) in [5, 5.41) is 18.3. The number of aryl methyl sites for hydroxylation is 1. The van der Waals surface area contributed by atoms with Crippen LogP contribution in [0.25, 0.3) is 5.57 Å². The summed E-state index contributed by atoms with van der Waals surface area (Å²) < 4.78 is 5.07. The third kappa shape index (κ3) is 1.74. The Labute approximate surface area is 92.8 Å². The fraction of sp³-hybridized carbons (Fsp3) is 0.250. The van der Waals surface area contributed by atoms with Crippen molar-refractivity contribution >= 4 is 11.5 Å². The van der Waals surface area contributed by atoms with Gasteiger partial charge in [-0.3, -0.25) is 0 Å². The van der Waals surface area contributed by atoms with Crippen LogP contribution in [0.5, 0.6) is 5.75 Å². The highest BCUT2D eigenvalue weighted by Crippen LogP contribution is 2.31. The van der Waals surface area contributed by atoms with Crippen LogP contribution < -0.4 is 0 Å². The van der Waals surface area contributed by atoms with E-state index in [4.69, 9.17) is 9.84 Å². The molecule has 1 aliphatic rings. The molecule has 2 N–H and O–H groups in total. The van der Waals surface area contributed by atoms with Gasteiger partial charge in [-0.2, -0.15) is 0 Å². The van der Waals surface area contributed by atoms with Crippen molar-refractivity contribution in [3.05, 3.63) is 35.1 Å². The predicted molar refractivity (Wildman–Crippen MR) is 58.0 cm³/mol. The molecule has 0 saturated heterocycles. The summed E-state index contributed by atoms with van der Waals surface area (Å²) in [4.78, 5) is 10.9. The molecule has 0 aromatic heterocycles. The van der Waals surface area contributed by atoms with Crippen molar-refractivity contribution in [3.63, 3.8) is 0 Å². The fourth-order valence-corrected chi connectivity index (χ4v) is 1.77. The Morgan fingerprint density at radius 1 is 1.44 bits per heavy atom. The maximum absolute atomic E-state index is 10.9. The second-order valence-electron chi connectivity index (χ2n) is 3.71. The van der Waals surface area contributed by atoms with Gasteiger partial charge in [-0.15, -0.1) is 0 Å². The number of aliphatic carboxylic acids is 1. The van der Waals surface area contributed by atoms with Crippen LogP contribution in [-0.2, 0) is 9.53 Å². The fourth-order valence-electron chi connectivity index (χ4n) is 1.77. The number of phenols is 1. The zero-order valence-electron chi connectivity index (χ0n) is 8.86. The lowest BCUT2D eigenvalue weighted by atomic mass is 10.0. The summed E-state index contributed by atoms with van der Waals surface area (Å²) in [7, 11) is 0. The molecule has 0 saturated carbocycles. The van der Waals surface area contributed by atoms with E-state index >= 15 is 0 Å². The average Bonchev–Trinajstić information content (AvgIpc) is 2.71. The maximum atomic E-state index is 10.9. The molecular weight excluding hydrogens is 208 g/mol. The average molecular weight is 220 g/mol. The monoisotopic (exact) mass is 220 g/mol. The van der Waals surface area contributed by atoms with Crippen molar-refractivity contribution in [2.75, 3.05) is 6.61 Å². The van der Waals surface area contributed by atoms with Gasteiger partial charge in [-0.1, -0.05) is 6.07 Å². The summed E-state index contributed by atoms with van der Waals surface area (Å²) in [5.41, 5.74) is 2.21. The van der Waals surface area contributed by atoms with E-state index in [9.17, 15) is 9.90 Å². The molecule has 1 aromatic carbocycles. The normalized spacial score (nSPS) is 15.1. The second kappa shape index (κ2) is 3.89. The Kier molecular flexibility index (Phi) is 2.56. The van der Waals surface area contributed by atoms with Crippen LogP contribution >= 0.6 is 0 Å². The smallest absolute Gasteiger partial charge is 0.371 e. The standard InChI is InChI=1S/C12H12O4/c1-7-6-8(2-3-10(7)13)9-4-5-16-11(9)12(14)15/h2-3,6,13H,4-5H2,1H3,(H,14,15). The molecule has 0 unspecified atom stereocenters. The molecule has 0 aliphatic carbocycles. The van der Waals surface area contributed by atoms with Gasteiger partial charge < -0.3 is 14.9 Å². The van der Waals surface area contributed by atoms with Crippen molar-refractivity contribution in [1.29, 1.82) is 0 Å². The molecule has 0 fully saturated rings. The third-order valence-electron chi connectivity index (χ3n) is 2.61. The first-order chi connectivity index (χ1) is 7.59. The number of rotatable bonds is 2. The lowest BCUT2D eigenvalue weighted by Gasteiger charge is -2.05. The number of carboxylic acid groups (broad SMARTS) is 1. The van der Waals surface area contributed by atoms with E-state index in [0.717, 1.165) is 11.1 Å². The first kappa shape index (κ1) is 10.5. The minimum absolute atomic E-state index is 0.0186. The maximum Gasteiger partial charge on any atom is 0.371 e. The van der Waals surface area contributed by atoms with E-state index in [1.807, 2.05) is 0 Å². The van der Waals surface area contributed by atoms with E-state index < -0.39 is 5.97 Å². The quantitative estimate of drug-likeness (QED) is 0.799. The van der Waals surface area contributed by atoms with Gasteiger partial charge in [0.15, 0.2) is 0 Å². The van der Waals surface area contributed by atoms with Crippen LogP contribution in [0.4, 0.5) is 0 Å². The molecule has 0 atom stereocenters. The number of carbonyl (C=O) groups is 1. The number of hydrogen-bond acceptors (Lipinski definition) is 3. The molecular formula is C12H12O4. The van der Waals surface area contributed by atoms with Gasteiger partial charge in [0.2, 0.25) is 5.76 Å². The van der Waals surface area contributed by atoms with Crippen molar-refractivity contribution < 1.29 is 19.7 Å². The molecule has 4 nitrogen and oxygen atoms in total. The van der Waals surface area contributed by atoms with Crippen LogP contribution in [0, 0.1) is 6.92 Å². The van der Waals surface area contributed by atoms with Crippen molar-refractivity contribution in [2.45, 2.75) is 13.3 Å². The van der Waals surface area contributed by atoms with E-state index in [1.165, 1.54) is 0 Å². The van der Waals surface area contributed by atoms with Crippen molar-refractivity contribution in [2.24, 2.45) is 0 Å². The number of benzene rings is 1. The van der Waals surface area contributed by atoms with Crippen molar-refractivity contribution in [1.82, 2.24) is 0 Å². The minimum atomic E-state index is -1.04. The third-order valence-corrected chi connectivity index (χ3v) is 2.61. The highest BCUT2D eigenvalue weighted by Gasteiger charge is 2.23. The second-order valence-corrected chi connectivity index (χ2v) is 3.71. The Balaban J connectivity index is 2.47. The number of carboxylic acids is 1. The van der Waals surface area contributed by atoms with E-state index in [-0.39, 0.29) is 11.5 Å². The van der Waals surface area contributed by atoms with Gasteiger partial charge in [-0.25, -0.2) is 4.79 Å². The molecule has 0 bridgehead atoms. The number of phenolic OH excluding ortho intramolecular Hbond substituents is 1. The Morgan fingerprint density at radius 2 is 2.19 bits per heavy atom. The molecule has 84 valence electrons. The molecule has 0 radical (unpaired) electrons. The van der Waals surface area contributed by atoms with Crippen LogP contribution in [0.15, 0.2) is 24.0 Å². The first-order valence-electron chi connectivity index (χ1n) is 4.99. The zero-order chi connectivity index (χ0) is 11.7. The lowest BCUT2D eigenvalue weighted by Crippen LogP contribution is -2.02. The summed E-state index contributed by atoms with van der Waals surface area (Å²) >= 11 is 0. The van der Waals surface area contributed by atoms with Gasteiger partial charge in [0.05, 0.1) is 6.61 Å². The Morgan fingerprint density at radius 3 is 2.81 bits per heavy atom. The molecule has 1 heterocycles. The van der Waals surface area contributed by atoms with Crippen LogP contribution in [0.2, 0.25) is 0 Å². The van der Waals surface area contributed by atoms with E-state index in [0.29, 0.717) is 18.6 Å². The van der Waals surface area contributed by atoms with Gasteiger partial charge in [0, 0.05) is 12.0 Å². The number of hydrogen-bond donors (Lipinski definition) is 2. The van der Waals surface area contributed by atoms with Gasteiger partial charge in [-0.05, 0) is 30.2 Å². The largest absolute Gasteiger partial charge is 0.508 e. The molecule has 4 heteroatoms. The molecule has 0 amide bonds. The van der Waals surface area contributed by atoms with Gasteiger partial charge in [0.1, 0.15) is 5.75 Å². The number of ether oxygens (including phenoxy) is 1. The minimum Gasteiger partial charge on any atom is -0.508 e. The molecule has 0 spiro atoms. The summed E-state index contributed by atoms with van der Waals surface area (Å²) in [6, 6.07) is 5.03. The lowest BCUT2D eigenvalue weighted by molar-refractivity contribution is -0.136. The molecule has 1 aliphatic heterocycles. The van der Waals surface area contributed by atoms with Gasteiger partial charge in [0.25, 0.3) is 0 Å².